The van der Waals surface area contributed by atoms with Crippen molar-refractivity contribution in [3.05, 3.63) is 45.8 Å². The van der Waals surface area contributed by atoms with Crippen molar-refractivity contribution >= 4 is 16.9 Å². The van der Waals surface area contributed by atoms with Crippen LogP contribution >= 0.6 is 11.3 Å². The van der Waals surface area contributed by atoms with E-state index in [0.717, 1.165) is 37.8 Å². The van der Waals surface area contributed by atoms with Gasteiger partial charge in [0, 0.05) is 10.9 Å². The molecule has 0 N–H and O–H groups in total. The highest BCUT2D eigenvalue weighted by Gasteiger charge is 2.16. The lowest BCUT2D eigenvalue weighted by Crippen LogP contribution is -1.97. The fraction of sp³-hybridized carbons (Fsp3) is 0.294. The van der Waals surface area contributed by atoms with Gasteiger partial charge in [0.05, 0.1) is 11.3 Å². The second-order valence-electron chi connectivity index (χ2n) is 5.32. The van der Waals surface area contributed by atoms with Crippen molar-refractivity contribution in [3.63, 3.8) is 0 Å². The third-order valence-corrected chi connectivity index (χ3v) is 4.72. The van der Waals surface area contributed by atoms with Crippen LogP contribution in [-0.2, 0) is 0 Å². The van der Waals surface area contributed by atoms with Gasteiger partial charge < -0.3 is 0 Å². The molecule has 0 spiro atoms. The van der Waals surface area contributed by atoms with Gasteiger partial charge in [-0.2, -0.15) is 5.26 Å². The molecule has 1 saturated carbocycles. The standard InChI is InChI=1S/C17H14F2N2S/c18-14-7-6-12(8-15(14)19)16-10-22-17(21-16)13(9-20)11-4-2-1-3-5-11/h6-8,10H,1-5H2. The van der Waals surface area contributed by atoms with Crippen LogP contribution in [0.15, 0.2) is 29.2 Å². The topological polar surface area (TPSA) is 36.7 Å². The summed E-state index contributed by atoms with van der Waals surface area (Å²) < 4.78 is 26.3. The highest BCUT2D eigenvalue weighted by atomic mass is 32.1. The zero-order chi connectivity index (χ0) is 15.5. The Bertz CT molecular complexity index is 763. The first kappa shape index (κ1) is 14.9. The molecule has 0 aliphatic heterocycles. The minimum atomic E-state index is -0.891. The normalized spacial score (nSPS) is 14.7. The number of rotatable bonds is 2. The van der Waals surface area contributed by atoms with Gasteiger partial charge in [-0.25, -0.2) is 13.8 Å². The molecule has 22 heavy (non-hydrogen) atoms. The number of nitriles is 1. The maximum atomic E-state index is 13.3. The van der Waals surface area contributed by atoms with Gasteiger partial charge in [-0.1, -0.05) is 6.42 Å². The number of hydrogen-bond donors (Lipinski definition) is 0. The van der Waals surface area contributed by atoms with Gasteiger partial charge in [-0.05, 0) is 49.5 Å². The molecule has 1 aromatic carbocycles. The van der Waals surface area contributed by atoms with Gasteiger partial charge in [-0.15, -0.1) is 11.3 Å². The van der Waals surface area contributed by atoms with Crippen molar-refractivity contribution < 1.29 is 8.78 Å². The quantitative estimate of drug-likeness (QED) is 0.702. The van der Waals surface area contributed by atoms with Gasteiger partial charge in [0.1, 0.15) is 11.1 Å². The summed E-state index contributed by atoms with van der Waals surface area (Å²) in [6, 6.07) is 5.99. The number of allylic oxidation sites excluding steroid dienone is 2. The first-order valence-corrected chi connectivity index (χ1v) is 8.10. The highest BCUT2D eigenvalue weighted by Crippen LogP contribution is 2.33. The van der Waals surface area contributed by atoms with E-state index in [-0.39, 0.29) is 0 Å². The Balaban J connectivity index is 1.96. The summed E-state index contributed by atoms with van der Waals surface area (Å²) in [5.74, 6) is -1.76. The maximum Gasteiger partial charge on any atom is 0.159 e. The number of nitrogens with zero attached hydrogens (tertiary/aromatic N) is 2. The van der Waals surface area contributed by atoms with Crippen LogP contribution in [0.2, 0.25) is 0 Å². The van der Waals surface area contributed by atoms with Crippen LogP contribution in [0, 0.1) is 23.0 Å². The molecule has 112 valence electrons. The smallest absolute Gasteiger partial charge is 0.159 e. The van der Waals surface area contributed by atoms with Crippen molar-refractivity contribution in [2.24, 2.45) is 0 Å². The largest absolute Gasteiger partial charge is 0.235 e. The molecule has 0 bridgehead atoms. The van der Waals surface area contributed by atoms with E-state index in [0.29, 0.717) is 21.8 Å². The molecule has 3 rings (SSSR count). The Labute approximate surface area is 131 Å². The van der Waals surface area contributed by atoms with Crippen molar-refractivity contribution in [2.45, 2.75) is 32.1 Å². The van der Waals surface area contributed by atoms with E-state index in [1.54, 1.807) is 5.38 Å². The fourth-order valence-electron chi connectivity index (χ4n) is 2.68. The Kier molecular flexibility index (Phi) is 4.30. The fourth-order valence-corrected chi connectivity index (χ4v) is 3.55. The highest BCUT2D eigenvalue weighted by molar-refractivity contribution is 7.11. The summed E-state index contributed by atoms with van der Waals surface area (Å²) in [5.41, 5.74) is 2.91. The summed E-state index contributed by atoms with van der Waals surface area (Å²) >= 11 is 1.37. The van der Waals surface area contributed by atoms with Gasteiger partial charge in [0.25, 0.3) is 0 Å². The third kappa shape index (κ3) is 2.93. The lowest BCUT2D eigenvalue weighted by Gasteiger charge is -2.14. The van der Waals surface area contributed by atoms with Crippen LogP contribution in [-0.4, -0.2) is 4.98 Å². The molecule has 0 radical (unpaired) electrons. The lowest BCUT2D eigenvalue weighted by molar-refractivity contribution is 0.509. The predicted molar refractivity (Wildman–Crippen MR) is 83.1 cm³/mol. The van der Waals surface area contributed by atoms with Crippen LogP contribution < -0.4 is 0 Å². The van der Waals surface area contributed by atoms with Crippen LogP contribution in [0.5, 0.6) is 0 Å². The molecule has 1 aromatic heterocycles. The maximum absolute atomic E-state index is 13.3. The number of thiazole rings is 1. The Morgan fingerprint density at radius 2 is 1.91 bits per heavy atom. The lowest BCUT2D eigenvalue weighted by atomic mass is 9.91. The molecule has 2 aromatic rings. The summed E-state index contributed by atoms with van der Waals surface area (Å²) in [7, 11) is 0. The number of halogens is 2. The van der Waals surface area contributed by atoms with Gasteiger partial charge in [0.2, 0.25) is 0 Å². The van der Waals surface area contributed by atoms with Gasteiger partial charge >= 0.3 is 0 Å². The van der Waals surface area contributed by atoms with Crippen molar-refractivity contribution in [1.82, 2.24) is 4.98 Å². The van der Waals surface area contributed by atoms with Crippen molar-refractivity contribution in [2.75, 3.05) is 0 Å². The van der Waals surface area contributed by atoms with E-state index in [1.807, 2.05) is 0 Å². The molecule has 0 amide bonds. The monoisotopic (exact) mass is 316 g/mol. The molecule has 2 nitrogen and oxygen atoms in total. The molecule has 5 heteroatoms. The summed E-state index contributed by atoms with van der Waals surface area (Å²) in [6.45, 7) is 0. The first-order valence-electron chi connectivity index (χ1n) is 7.22. The Morgan fingerprint density at radius 1 is 1.14 bits per heavy atom. The Hall–Kier alpha value is -2.06. The van der Waals surface area contributed by atoms with E-state index in [2.05, 4.69) is 11.1 Å². The summed E-state index contributed by atoms with van der Waals surface area (Å²) in [5, 5.41) is 11.9. The number of aromatic nitrogens is 1. The SMILES string of the molecule is N#CC(=C1CCCCC1)c1nc(-c2ccc(F)c(F)c2)cs1. The molecule has 0 saturated heterocycles. The minimum Gasteiger partial charge on any atom is -0.235 e. The molecule has 1 fully saturated rings. The number of benzene rings is 1. The molecular formula is C17H14F2N2S. The second kappa shape index (κ2) is 6.37. The minimum absolute atomic E-state index is 0.521. The van der Waals surface area contributed by atoms with E-state index < -0.39 is 11.6 Å². The van der Waals surface area contributed by atoms with E-state index in [4.69, 9.17) is 0 Å². The molecular weight excluding hydrogens is 302 g/mol. The van der Waals surface area contributed by atoms with Gasteiger partial charge in [0.15, 0.2) is 11.6 Å². The van der Waals surface area contributed by atoms with Crippen molar-refractivity contribution in [3.8, 4) is 17.3 Å². The molecule has 1 heterocycles. The third-order valence-electron chi connectivity index (χ3n) is 3.86. The Morgan fingerprint density at radius 3 is 2.59 bits per heavy atom. The molecule has 0 unspecified atom stereocenters. The van der Waals surface area contributed by atoms with E-state index in [9.17, 15) is 14.0 Å². The number of hydrogen-bond acceptors (Lipinski definition) is 3. The average Bonchev–Trinajstić information content (AvgIpc) is 3.01. The zero-order valence-electron chi connectivity index (χ0n) is 11.9. The second-order valence-corrected chi connectivity index (χ2v) is 6.18. The van der Waals surface area contributed by atoms with Crippen molar-refractivity contribution in [1.29, 1.82) is 5.26 Å². The average molecular weight is 316 g/mol. The molecule has 0 atom stereocenters. The van der Waals surface area contributed by atoms with Crippen LogP contribution in [0.4, 0.5) is 8.78 Å². The molecule has 1 aliphatic carbocycles. The molecule has 1 aliphatic rings. The summed E-state index contributed by atoms with van der Waals surface area (Å²) in [4.78, 5) is 4.45. The van der Waals surface area contributed by atoms with E-state index >= 15 is 0 Å². The zero-order valence-corrected chi connectivity index (χ0v) is 12.7. The van der Waals surface area contributed by atoms with E-state index in [1.165, 1.54) is 29.4 Å². The predicted octanol–water partition coefficient (Wildman–Crippen LogP) is 5.33. The summed E-state index contributed by atoms with van der Waals surface area (Å²) in [6.07, 6.45) is 5.33. The first-order chi connectivity index (χ1) is 10.7. The van der Waals surface area contributed by atoms with Crippen LogP contribution in [0.3, 0.4) is 0 Å². The van der Waals surface area contributed by atoms with Gasteiger partial charge in [-0.3, -0.25) is 0 Å². The van der Waals surface area contributed by atoms with Crippen LogP contribution in [0.1, 0.15) is 37.1 Å². The van der Waals surface area contributed by atoms with Crippen LogP contribution in [0.25, 0.3) is 16.8 Å².